The fraction of sp³-hybridized carbons (Fsp3) is 0.500. The van der Waals surface area contributed by atoms with Crippen molar-refractivity contribution in [3.63, 3.8) is 0 Å². The van der Waals surface area contributed by atoms with Gasteiger partial charge in [0.15, 0.2) is 0 Å². The van der Waals surface area contributed by atoms with Crippen LogP contribution in [-0.4, -0.2) is 49.5 Å². The van der Waals surface area contributed by atoms with E-state index in [1.165, 1.54) is 4.90 Å². The molecule has 8 heteroatoms. The van der Waals surface area contributed by atoms with Crippen LogP contribution in [0.1, 0.15) is 65.2 Å². The summed E-state index contributed by atoms with van der Waals surface area (Å²) in [5.41, 5.74) is 2.82. The van der Waals surface area contributed by atoms with Crippen molar-refractivity contribution in [2.24, 2.45) is 0 Å². The van der Waals surface area contributed by atoms with Crippen molar-refractivity contribution < 1.29 is 18.0 Å². The smallest absolute Gasteiger partial charge is 0.244 e. The maximum atomic E-state index is 13.6. The summed E-state index contributed by atoms with van der Waals surface area (Å²) < 4.78 is 26.6. The van der Waals surface area contributed by atoms with Gasteiger partial charge < -0.3 is 10.2 Å². The van der Waals surface area contributed by atoms with Gasteiger partial charge in [-0.1, -0.05) is 62.7 Å². The van der Waals surface area contributed by atoms with E-state index in [4.69, 9.17) is 0 Å². The highest BCUT2D eigenvalue weighted by molar-refractivity contribution is 7.92. The van der Waals surface area contributed by atoms with Crippen LogP contribution in [0.15, 0.2) is 48.5 Å². The average Bonchev–Trinajstić information content (AvgIpc) is 2.74. The minimum absolute atomic E-state index is 0.0923. The van der Waals surface area contributed by atoms with E-state index in [1.807, 2.05) is 64.1 Å². The Kier molecular flexibility index (Phi) is 9.00. The molecule has 0 heterocycles. The summed E-state index contributed by atoms with van der Waals surface area (Å²) in [5.74, 6) is -0.763. The first-order valence-electron chi connectivity index (χ1n) is 12.1. The van der Waals surface area contributed by atoms with Crippen molar-refractivity contribution in [1.29, 1.82) is 0 Å². The van der Waals surface area contributed by atoms with Crippen LogP contribution in [0.3, 0.4) is 0 Å². The Morgan fingerprint density at radius 1 is 0.917 bits per heavy atom. The summed E-state index contributed by atoms with van der Waals surface area (Å²) in [6, 6.07) is 14.1. The molecule has 0 fully saturated rings. The number of rotatable bonds is 8. The van der Waals surface area contributed by atoms with Gasteiger partial charge in [0.25, 0.3) is 0 Å². The van der Waals surface area contributed by atoms with Crippen LogP contribution in [0.4, 0.5) is 5.69 Å². The highest BCUT2D eigenvalue weighted by atomic mass is 32.2. The Hall–Kier alpha value is -2.87. The first-order valence-corrected chi connectivity index (χ1v) is 14.0. The molecule has 0 aliphatic carbocycles. The molecule has 0 spiro atoms. The van der Waals surface area contributed by atoms with Gasteiger partial charge in [-0.05, 0) is 63.3 Å². The first kappa shape index (κ1) is 29.4. The van der Waals surface area contributed by atoms with Crippen molar-refractivity contribution >= 4 is 27.5 Å². The molecule has 0 unspecified atom stereocenters. The van der Waals surface area contributed by atoms with Gasteiger partial charge in [-0.3, -0.25) is 13.9 Å². The lowest BCUT2D eigenvalue weighted by atomic mass is 9.87. The third-order valence-electron chi connectivity index (χ3n) is 5.84. The van der Waals surface area contributed by atoms with Gasteiger partial charge in [-0.15, -0.1) is 0 Å². The third-order valence-corrected chi connectivity index (χ3v) is 6.98. The van der Waals surface area contributed by atoms with Crippen molar-refractivity contribution in [2.45, 2.75) is 78.9 Å². The van der Waals surface area contributed by atoms with E-state index >= 15 is 0 Å². The third kappa shape index (κ3) is 8.36. The van der Waals surface area contributed by atoms with Gasteiger partial charge in [0.05, 0.1) is 11.9 Å². The van der Waals surface area contributed by atoms with Crippen molar-refractivity contribution in [3.05, 3.63) is 65.2 Å². The number of carbonyl (C=O) groups is 2. The lowest BCUT2D eigenvalue weighted by Crippen LogP contribution is -2.54. The molecule has 2 aromatic rings. The van der Waals surface area contributed by atoms with Crippen LogP contribution in [0.2, 0.25) is 0 Å². The van der Waals surface area contributed by atoms with Crippen LogP contribution >= 0.6 is 0 Å². The van der Waals surface area contributed by atoms with E-state index in [2.05, 4.69) is 26.1 Å². The summed E-state index contributed by atoms with van der Waals surface area (Å²) in [5, 5.41) is 2.92. The molecule has 0 aromatic heterocycles. The Bertz CT molecular complexity index is 1160. The molecule has 1 N–H and O–H groups in total. The maximum absolute atomic E-state index is 13.6. The molecule has 0 saturated heterocycles. The number of aryl methyl sites for hydroxylation is 1. The number of hydrogen-bond donors (Lipinski definition) is 1. The van der Waals surface area contributed by atoms with E-state index < -0.39 is 34.1 Å². The standard InChI is InChI=1S/C28H41N3O4S/c1-20-10-12-22(13-11-20)18-30(21(2)26(33)29-28(6,7)8)25(32)19-31(36(9,34)35)24-16-14-23(15-17-24)27(3,4)5/h10-17,21H,18-19H2,1-9H3,(H,29,33)/t21-/m1/s1. The number of amides is 2. The molecule has 0 bridgehead atoms. The predicted octanol–water partition coefficient (Wildman–Crippen LogP) is 4.39. The second-order valence-electron chi connectivity index (χ2n) is 11.5. The summed E-state index contributed by atoms with van der Waals surface area (Å²) >= 11 is 0. The Morgan fingerprint density at radius 2 is 1.44 bits per heavy atom. The maximum Gasteiger partial charge on any atom is 0.244 e. The molecule has 0 aliphatic rings. The van der Waals surface area contributed by atoms with Gasteiger partial charge in [0.2, 0.25) is 21.8 Å². The fourth-order valence-electron chi connectivity index (χ4n) is 3.69. The lowest BCUT2D eigenvalue weighted by molar-refractivity contribution is -0.140. The predicted molar refractivity (Wildman–Crippen MR) is 146 cm³/mol. The second kappa shape index (κ2) is 11.0. The summed E-state index contributed by atoms with van der Waals surface area (Å²) in [7, 11) is -3.76. The van der Waals surface area contributed by atoms with Crippen LogP contribution in [0, 0.1) is 6.92 Å². The summed E-state index contributed by atoms with van der Waals surface area (Å²) in [6.07, 6.45) is 1.08. The van der Waals surface area contributed by atoms with E-state index in [1.54, 1.807) is 19.1 Å². The van der Waals surface area contributed by atoms with Crippen molar-refractivity contribution in [1.82, 2.24) is 10.2 Å². The fourth-order valence-corrected chi connectivity index (χ4v) is 4.54. The number of anilines is 1. The number of benzene rings is 2. The minimum Gasteiger partial charge on any atom is -0.350 e. The summed E-state index contributed by atoms with van der Waals surface area (Å²) in [4.78, 5) is 28.1. The molecule has 36 heavy (non-hydrogen) atoms. The Balaban J connectivity index is 2.41. The zero-order valence-electron chi connectivity index (χ0n) is 23.0. The quantitative estimate of drug-likeness (QED) is 0.565. The highest BCUT2D eigenvalue weighted by Crippen LogP contribution is 2.26. The highest BCUT2D eigenvalue weighted by Gasteiger charge is 2.31. The molecule has 2 rings (SSSR count). The van der Waals surface area contributed by atoms with Crippen molar-refractivity contribution in [3.8, 4) is 0 Å². The minimum atomic E-state index is -3.76. The monoisotopic (exact) mass is 515 g/mol. The zero-order chi connectivity index (χ0) is 27.5. The largest absolute Gasteiger partial charge is 0.350 e. The number of hydrogen-bond acceptors (Lipinski definition) is 4. The van der Waals surface area contributed by atoms with Crippen LogP contribution in [0.5, 0.6) is 0 Å². The SMILES string of the molecule is Cc1ccc(CN(C(=O)CN(c2ccc(C(C)(C)C)cc2)S(C)(=O)=O)[C@H](C)C(=O)NC(C)(C)C)cc1. The van der Waals surface area contributed by atoms with Gasteiger partial charge in [-0.25, -0.2) is 8.42 Å². The molecule has 0 aliphatic heterocycles. The zero-order valence-corrected chi connectivity index (χ0v) is 23.9. The number of nitrogens with zero attached hydrogens (tertiary/aromatic N) is 2. The van der Waals surface area contributed by atoms with Gasteiger partial charge in [-0.2, -0.15) is 0 Å². The molecule has 2 aromatic carbocycles. The van der Waals surface area contributed by atoms with Gasteiger partial charge in [0, 0.05) is 12.1 Å². The lowest BCUT2D eigenvalue weighted by Gasteiger charge is -2.33. The van der Waals surface area contributed by atoms with E-state index in [-0.39, 0.29) is 17.9 Å². The van der Waals surface area contributed by atoms with Crippen molar-refractivity contribution in [2.75, 3.05) is 17.1 Å². The number of sulfonamides is 1. The van der Waals surface area contributed by atoms with Crippen LogP contribution in [-0.2, 0) is 31.6 Å². The topological polar surface area (TPSA) is 86.8 Å². The molecule has 198 valence electrons. The van der Waals surface area contributed by atoms with Gasteiger partial charge in [0.1, 0.15) is 12.6 Å². The number of carbonyl (C=O) groups excluding carboxylic acids is 2. The average molecular weight is 516 g/mol. The molecule has 0 radical (unpaired) electrons. The molecule has 0 saturated carbocycles. The molecule has 1 atom stereocenters. The van der Waals surface area contributed by atoms with E-state index in [0.29, 0.717) is 5.69 Å². The van der Waals surface area contributed by atoms with Crippen LogP contribution < -0.4 is 9.62 Å². The summed E-state index contributed by atoms with van der Waals surface area (Å²) in [6.45, 7) is 15.2. The Labute approximate surface area is 216 Å². The molecular formula is C28H41N3O4S. The van der Waals surface area contributed by atoms with E-state index in [0.717, 1.165) is 27.3 Å². The number of nitrogens with one attached hydrogen (secondary N) is 1. The molecule has 2 amide bonds. The normalized spacial score (nSPS) is 13.1. The second-order valence-corrected chi connectivity index (χ2v) is 13.4. The van der Waals surface area contributed by atoms with Crippen LogP contribution in [0.25, 0.3) is 0 Å². The first-order chi connectivity index (χ1) is 16.4. The van der Waals surface area contributed by atoms with Gasteiger partial charge >= 0.3 is 0 Å². The molecule has 7 nitrogen and oxygen atoms in total. The van der Waals surface area contributed by atoms with E-state index in [9.17, 15) is 18.0 Å². The molecular weight excluding hydrogens is 474 g/mol. The Morgan fingerprint density at radius 3 is 1.89 bits per heavy atom.